The highest BCUT2D eigenvalue weighted by atomic mass is 32.2. The predicted molar refractivity (Wildman–Crippen MR) is 120 cm³/mol. The number of benzene rings is 2. The van der Waals surface area contributed by atoms with Crippen LogP contribution < -0.4 is 10.1 Å². The Morgan fingerprint density at radius 1 is 1.10 bits per heavy atom. The Balaban J connectivity index is 1.98. The van der Waals surface area contributed by atoms with Crippen molar-refractivity contribution in [2.75, 3.05) is 25.3 Å². The van der Waals surface area contributed by atoms with Crippen molar-refractivity contribution in [3.8, 4) is 16.9 Å². The van der Waals surface area contributed by atoms with Gasteiger partial charge in [-0.3, -0.25) is 4.79 Å². The standard InChI is InChI=1S/C22H21NO6S2/c1-4-29-22(25)19-18(14-8-10-16(28-2)11-9-14)13-30-21(19)23-20(24)15-6-5-7-17(12-15)31(3,26)27/h5-13H,4H2,1-3H3,(H,23,24). The Morgan fingerprint density at radius 3 is 2.42 bits per heavy atom. The second kappa shape index (κ2) is 9.32. The summed E-state index contributed by atoms with van der Waals surface area (Å²) in [6, 6.07) is 12.9. The van der Waals surface area contributed by atoms with E-state index in [0.29, 0.717) is 16.3 Å². The molecule has 0 fully saturated rings. The largest absolute Gasteiger partial charge is 0.497 e. The number of nitrogens with one attached hydrogen (secondary N) is 1. The van der Waals surface area contributed by atoms with Crippen molar-refractivity contribution in [3.05, 3.63) is 65.0 Å². The van der Waals surface area contributed by atoms with Crippen LogP contribution in [0.4, 0.5) is 5.00 Å². The summed E-state index contributed by atoms with van der Waals surface area (Å²) in [6.45, 7) is 1.88. The van der Waals surface area contributed by atoms with E-state index in [1.165, 1.54) is 35.6 Å². The number of carbonyl (C=O) groups excluding carboxylic acids is 2. The van der Waals surface area contributed by atoms with Crippen molar-refractivity contribution < 1.29 is 27.5 Å². The topological polar surface area (TPSA) is 98.8 Å². The molecule has 0 unspecified atom stereocenters. The summed E-state index contributed by atoms with van der Waals surface area (Å²) in [6.07, 6.45) is 1.07. The van der Waals surface area contributed by atoms with E-state index in [1.54, 1.807) is 31.5 Å². The SMILES string of the molecule is CCOC(=O)c1c(-c2ccc(OC)cc2)csc1NC(=O)c1cccc(S(C)(=O)=O)c1. The molecule has 0 aliphatic carbocycles. The first-order valence-corrected chi connectivity index (χ1v) is 12.1. The number of rotatable bonds is 7. The van der Waals surface area contributed by atoms with E-state index in [2.05, 4.69) is 5.32 Å². The van der Waals surface area contributed by atoms with Gasteiger partial charge in [-0.05, 0) is 42.8 Å². The van der Waals surface area contributed by atoms with Gasteiger partial charge in [0.2, 0.25) is 0 Å². The Kier molecular flexibility index (Phi) is 6.77. The van der Waals surface area contributed by atoms with Crippen molar-refractivity contribution in [1.29, 1.82) is 0 Å². The van der Waals surface area contributed by atoms with Crippen LogP contribution in [0.15, 0.2) is 58.8 Å². The highest BCUT2D eigenvalue weighted by Crippen LogP contribution is 2.37. The zero-order chi connectivity index (χ0) is 22.6. The van der Waals surface area contributed by atoms with Gasteiger partial charge >= 0.3 is 5.97 Å². The van der Waals surface area contributed by atoms with E-state index in [0.717, 1.165) is 11.8 Å². The van der Waals surface area contributed by atoms with Gasteiger partial charge in [0.15, 0.2) is 9.84 Å². The maximum Gasteiger partial charge on any atom is 0.341 e. The molecule has 1 heterocycles. The number of anilines is 1. The molecule has 3 rings (SSSR count). The molecule has 0 aliphatic rings. The first-order valence-electron chi connectivity index (χ1n) is 9.29. The van der Waals surface area contributed by atoms with Crippen molar-refractivity contribution in [1.82, 2.24) is 0 Å². The molecule has 0 spiro atoms. The minimum Gasteiger partial charge on any atom is -0.497 e. The normalized spacial score (nSPS) is 11.1. The Hall–Kier alpha value is -3.17. The van der Waals surface area contributed by atoms with Crippen LogP contribution in [0.1, 0.15) is 27.6 Å². The molecule has 0 bridgehead atoms. The number of amides is 1. The molecule has 0 aliphatic heterocycles. The van der Waals surface area contributed by atoms with E-state index in [1.807, 2.05) is 12.1 Å². The average molecular weight is 460 g/mol. The monoisotopic (exact) mass is 459 g/mol. The molecule has 7 nitrogen and oxygen atoms in total. The number of sulfone groups is 1. The quantitative estimate of drug-likeness (QED) is 0.530. The third-order valence-corrected chi connectivity index (χ3v) is 6.43. The number of hydrogen-bond donors (Lipinski definition) is 1. The van der Waals surface area contributed by atoms with Crippen LogP contribution in [0, 0.1) is 0 Å². The number of esters is 1. The summed E-state index contributed by atoms with van der Waals surface area (Å²) >= 11 is 1.19. The first-order chi connectivity index (χ1) is 14.7. The molecule has 1 aromatic heterocycles. The maximum atomic E-state index is 12.8. The lowest BCUT2D eigenvalue weighted by Gasteiger charge is -2.10. The molecule has 1 amide bonds. The molecular formula is C22H21NO6S2. The third kappa shape index (κ3) is 5.12. The lowest BCUT2D eigenvalue weighted by molar-refractivity contribution is 0.0529. The zero-order valence-electron chi connectivity index (χ0n) is 17.2. The van der Waals surface area contributed by atoms with Gasteiger partial charge in [-0.1, -0.05) is 18.2 Å². The fourth-order valence-electron chi connectivity index (χ4n) is 2.88. The molecule has 0 saturated heterocycles. The molecule has 1 N–H and O–H groups in total. The molecule has 2 aromatic carbocycles. The van der Waals surface area contributed by atoms with Crippen molar-refractivity contribution in [2.45, 2.75) is 11.8 Å². The molecule has 31 heavy (non-hydrogen) atoms. The molecule has 0 saturated carbocycles. The van der Waals surface area contributed by atoms with Crippen LogP contribution >= 0.6 is 11.3 Å². The molecule has 162 valence electrons. The summed E-state index contributed by atoms with van der Waals surface area (Å²) in [5.41, 5.74) is 1.78. The fourth-order valence-corrected chi connectivity index (χ4v) is 4.50. The molecule has 0 radical (unpaired) electrons. The highest BCUT2D eigenvalue weighted by Gasteiger charge is 2.23. The van der Waals surface area contributed by atoms with E-state index in [9.17, 15) is 18.0 Å². The lowest BCUT2D eigenvalue weighted by Crippen LogP contribution is -2.15. The number of carbonyl (C=O) groups is 2. The third-order valence-electron chi connectivity index (χ3n) is 4.42. The summed E-state index contributed by atoms with van der Waals surface area (Å²) < 4.78 is 33.9. The smallest absolute Gasteiger partial charge is 0.341 e. The molecule has 3 aromatic rings. The zero-order valence-corrected chi connectivity index (χ0v) is 18.8. The Labute approximate surface area is 184 Å². The van der Waals surface area contributed by atoms with Crippen LogP contribution in [-0.2, 0) is 14.6 Å². The van der Waals surface area contributed by atoms with Gasteiger partial charge in [-0.25, -0.2) is 13.2 Å². The maximum absolute atomic E-state index is 12.8. The lowest BCUT2D eigenvalue weighted by atomic mass is 10.0. The van der Waals surface area contributed by atoms with Crippen LogP contribution in [0.5, 0.6) is 5.75 Å². The van der Waals surface area contributed by atoms with E-state index < -0.39 is 21.7 Å². The highest BCUT2D eigenvalue weighted by molar-refractivity contribution is 7.90. The van der Waals surface area contributed by atoms with Gasteiger partial charge in [0.05, 0.1) is 18.6 Å². The van der Waals surface area contributed by atoms with Crippen LogP contribution in [0.3, 0.4) is 0 Å². The summed E-state index contributed by atoms with van der Waals surface area (Å²) in [7, 11) is -1.89. The summed E-state index contributed by atoms with van der Waals surface area (Å²) in [5, 5.41) is 4.80. The second-order valence-corrected chi connectivity index (χ2v) is 9.45. The summed E-state index contributed by atoms with van der Waals surface area (Å²) in [5.74, 6) is -0.412. The van der Waals surface area contributed by atoms with Crippen LogP contribution in [0.25, 0.3) is 11.1 Å². The Morgan fingerprint density at radius 2 is 1.81 bits per heavy atom. The number of ether oxygens (including phenoxy) is 2. The molecule has 0 atom stereocenters. The fraction of sp³-hybridized carbons (Fsp3) is 0.182. The number of methoxy groups -OCH3 is 1. The summed E-state index contributed by atoms with van der Waals surface area (Å²) in [4.78, 5) is 25.5. The van der Waals surface area contributed by atoms with E-state index in [4.69, 9.17) is 9.47 Å². The Bertz CT molecular complexity index is 1210. The first kappa shape index (κ1) is 22.5. The van der Waals surface area contributed by atoms with Gasteiger partial charge in [0.1, 0.15) is 16.3 Å². The van der Waals surface area contributed by atoms with E-state index >= 15 is 0 Å². The minimum atomic E-state index is -3.46. The van der Waals surface area contributed by atoms with Crippen molar-refractivity contribution in [3.63, 3.8) is 0 Å². The van der Waals surface area contributed by atoms with Gasteiger partial charge < -0.3 is 14.8 Å². The van der Waals surface area contributed by atoms with Gasteiger partial charge in [0.25, 0.3) is 5.91 Å². The molecule has 9 heteroatoms. The van der Waals surface area contributed by atoms with Crippen LogP contribution in [0.2, 0.25) is 0 Å². The number of hydrogen-bond acceptors (Lipinski definition) is 7. The minimum absolute atomic E-state index is 0.0378. The van der Waals surface area contributed by atoms with Crippen molar-refractivity contribution in [2.24, 2.45) is 0 Å². The van der Waals surface area contributed by atoms with Gasteiger partial charge in [-0.2, -0.15) is 0 Å². The van der Waals surface area contributed by atoms with Gasteiger partial charge in [-0.15, -0.1) is 11.3 Å². The number of thiophene rings is 1. The molecular weight excluding hydrogens is 438 g/mol. The second-order valence-electron chi connectivity index (χ2n) is 6.56. The van der Waals surface area contributed by atoms with E-state index in [-0.39, 0.29) is 22.6 Å². The van der Waals surface area contributed by atoms with Crippen molar-refractivity contribution >= 4 is 38.1 Å². The van der Waals surface area contributed by atoms with Crippen LogP contribution in [-0.4, -0.2) is 40.3 Å². The predicted octanol–water partition coefficient (Wildman–Crippen LogP) is 4.26. The average Bonchev–Trinajstić information content (AvgIpc) is 3.17. The van der Waals surface area contributed by atoms with Gasteiger partial charge in [0, 0.05) is 22.8 Å².